The summed E-state index contributed by atoms with van der Waals surface area (Å²) in [6.45, 7) is 8.81. The lowest BCUT2D eigenvalue weighted by atomic mass is 10.1. The van der Waals surface area contributed by atoms with Crippen LogP contribution in [-0.4, -0.2) is 39.2 Å². The Morgan fingerprint density at radius 2 is 2.00 bits per heavy atom. The highest BCUT2D eigenvalue weighted by atomic mass is 127. The Balaban J connectivity index is 0.00000288. The first-order valence-corrected chi connectivity index (χ1v) is 8.93. The first-order chi connectivity index (χ1) is 11.2. The van der Waals surface area contributed by atoms with Crippen LogP contribution >= 0.6 is 24.0 Å². The molecule has 0 spiro atoms. The maximum Gasteiger partial charge on any atom is 0.190 e. The number of benzene rings is 1. The first-order valence-electron chi connectivity index (χ1n) is 8.93. The first kappa shape index (κ1) is 21.1. The van der Waals surface area contributed by atoms with Crippen LogP contribution in [0.3, 0.4) is 0 Å². The van der Waals surface area contributed by atoms with E-state index in [4.69, 9.17) is 0 Å². The molecule has 1 aromatic carbocycles. The zero-order valence-corrected chi connectivity index (χ0v) is 17.6. The van der Waals surface area contributed by atoms with Crippen LogP contribution in [0.25, 0.3) is 0 Å². The van der Waals surface area contributed by atoms with Crippen molar-refractivity contribution in [3.63, 3.8) is 0 Å². The Kier molecular flexibility index (Phi) is 10.1. The Morgan fingerprint density at radius 3 is 2.67 bits per heavy atom. The molecule has 1 atom stereocenters. The molecule has 1 aromatic rings. The maximum absolute atomic E-state index is 4.32. The second kappa shape index (κ2) is 11.6. The van der Waals surface area contributed by atoms with Crippen LogP contribution < -0.4 is 15.5 Å². The number of aliphatic imine (C=N–C) groups is 1. The van der Waals surface area contributed by atoms with Crippen molar-refractivity contribution in [3.05, 3.63) is 30.3 Å². The molecule has 4 nitrogen and oxygen atoms in total. The molecule has 0 aliphatic carbocycles. The molecule has 0 radical (unpaired) electrons. The molecule has 1 unspecified atom stereocenters. The second-order valence-corrected chi connectivity index (χ2v) is 6.85. The number of guanidine groups is 1. The number of halogens is 1. The maximum atomic E-state index is 4.32. The molecule has 0 amide bonds. The number of nitrogens with zero attached hydrogens (tertiary/aromatic N) is 2. The molecule has 1 aliphatic rings. The van der Waals surface area contributed by atoms with Crippen LogP contribution in [0.4, 0.5) is 5.69 Å². The molecule has 136 valence electrons. The van der Waals surface area contributed by atoms with Gasteiger partial charge in [-0.1, -0.05) is 32.0 Å². The summed E-state index contributed by atoms with van der Waals surface area (Å²) in [4.78, 5) is 6.80. The molecule has 0 bridgehead atoms. The van der Waals surface area contributed by atoms with E-state index >= 15 is 0 Å². The van der Waals surface area contributed by atoms with Gasteiger partial charge in [0, 0.05) is 38.9 Å². The molecule has 24 heavy (non-hydrogen) atoms. The predicted octanol–water partition coefficient (Wildman–Crippen LogP) is 3.73. The van der Waals surface area contributed by atoms with Gasteiger partial charge in [-0.2, -0.15) is 0 Å². The molecule has 1 heterocycles. The van der Waals surface area contributed by atoms with E-state index in [9.17, 15) is 0 Å². The van der Waals surface area contributed by atoms with Crippen molar-refractivity contribution in [1.29, 1.82) is 0 Å². The number of rotatable bonds is 7. The number of anilines is 1. The van der Waals surface area contributed by atoms with Crippen molar-refractivity contribution in [2.45, 2.75) is 33.1 Å². The summed E-state index contributed by atoms with van der Waals surface area (Å²) in [5.74, 6) is 2.39. The minimum atomic E-state index is 0. The minimum Gasteiger partial charge on any atom is -0.371 e. The van der Waals surface area contributed by atoms with Gasteiger partial charge in [0.05, 0.1) is 0 Å². The molecular weight excluding hydrogens is 411 g/mol. The fourth-order valence-electron chi connectivity index (χ4n) is 3.05. The Hall–Kier alpha value is -0.980. The van der Waals surface area contributed by atoms with E-state index in [0.29, 0.717) is 5.92 Å². The van der Waals surface area contributed by atoms with Gasteiger partial charge in [-0.3, -0.25) is 4.99 Å². The highest BCUT2D eigenvalue weighted by Crippen LogP contribution is 2.22. The van der Waals surface area contributed by atoms with Crippen molar-refractivity contribution in [1.82, 2.24) is 10.6 Å². The molecular formula is C19H33IN4. The van der Waals surface area contributed by atoms with E-state index in [1.165, 1.54) is 24.9 Å². The average molecular weight is 444 g/mol. The van der Waals surface area contributed by atoms with Gasteiger partial charge in [0.1, 0.15) is 0 Å². The molecule has 1 saturated heterocycles. The lowest BCUT2D eigenvalue weighted by molar-refractivity contribution is 0.541. The summed E-state index contributed by atoms with van der Waals surface area (Å²) in [5, 5.41) is 6.90. The topological polar surface area (TPSA) is 39.7 Å². The number of nitrogens with one attached hydrogen (secondary N) is 2. The van der Waals surface area contributed by atoms with Crippen molar-refractivity contribution >= 4 is 35.6 Å². The molecule has 1 aliphatic heterocycles. The predicted molar refractivity (Wildman–Crippen MR) is 116 cm³/mol. The van der Waals surface area contributed by atoms with E-state index < -0.39 is 0 Å². The van der Waals surface area contributed by atoms with E-state index in [1.54, 1.807) is 0 Å². The molecule has 0 aromatic heterocycles. The van der Waals surface area contributed by atoms with Crippen LogP contribution in [0.2, 0.25) is 0 Å². The molecule has 2 rings (SSSR count). The SMILES string of the molecule is CN=C(NCCCC(C)C)NCC1CCN(c2ccccc2)C1.I. The van der Waals surface area contributed by atoms with Crippen LogP contribution in [0, 0.1) is 11.8 Å². The quantitative estimate of drug-likeness (QED) is 0.292. The van der Waals surface area contributed by atoms with E-state index in [2.05, 4.69) is 64.7 Å². The standard InChI is InChI=1S/C19H32N4.HI/c1-16(2)8-7-12-21-19(20-3)22-14-17-11-13-23(15-17)18-9-5-4-6-10-18;/h4-6,9-10,16-17H,7-8,11-15H2,1-3H3,(H2,20,21,22);1H. The summed E-state index contributed by atoms with van der Waals surface area (Å²) >= 11 is 0. The summed E-state index contributed by atoms with van der Waals surface area (Å²) in [5.41, 5.74) is 1.34. The number of hydrogen-bond donors (Lipinski definition) is 2. The minimum absolute atomic E-state index is 0. The van der Waals surface area contributed by atoms with Crippen molar-refractivity contribution < 1.29 is 0 Å². The zero-order chi connectivity index (χ0) is 16.5. The van der Waals surface area contributed by atoms with E-state index in [0.717, 1.165) is 38.1 Å². The number of para-hydroxylation sites is 1. The van der Waals surface area contributed by atoms with Crippen LogP contribution in [0.5, 0.6) is 0 Å². The monoisotopic (exact) mass is 444 g/mol. The van der Waals surface area contributed by atoms with Crippen molar-refractivity contribution in [3.8, 4) is 0 Å². The second-order valence-electron chi connectivity index (χ2n) is 6.85. The fourth-order valence-corrected chi connectivity index (χ4v) is 3.05. The summed E-state index contributed by atoms with van der Waals surface area (Å²) in [6.07, 6.45) is 3.70. The van der Waals surface area contributed by atoms with Crippen LogP contribution in [0.15, 0.2) is 35.3 Å². The Morgan fingerprint density at radius 1 is 1.25 bits per heavy atom. The average Bonchev–Trinajstić information content (AvgIpc) is 3.04. The fraction of sp³-hybridized carbons (Fsp3) is 0.632. The third-order valence-corrected chi connectivity index (χ3v) is 4.44. The van der Waals surface area contributed by atoms with Gasteiger partial charge >= 0.3 is 0 Å². The van der Waals surface area contributed by atoms with Crippen molar-refractivity contribution in [2.24, 2.45) is 16.8 Å². The summed E-state index contributed by atoms with van der Waals surface area (Å²) < 4.78 is 0. The molecule has 5 heteroatoms. The van der Waals surface area contributed by atoms with Gasteiger partial charge in [0.15, 0.2) is 5.96 Å². The van der Waals surface area contributed by atoms with Gasteiger partial charge in [-0.25, -0.2) is 0 Å². The van der Waals surface area contributed by atoms with Gasteiger partial charge < -0.3 is 15.5 Å². The Labute approximate surface area is 164 Å². The van der Waals surface area contributed by atoms with Crippen LogP contribution in [-0.2, 0) is 0 Å². The summed E-state index contributed by atoms with van der Waals surface area (Å²) in [7, 11) is 1.85. The van der Waals surface area contributed by atoms with Gasteiger partial charge in [-0.15, -0.1) is 24.0 Å². The number of hydrogen-bond acceptors (Lipinski definition) is 2. The Bertz CT molecular complexity index is 476. The van der Waals surface area contributed by atoms with E-state index in [-0.39, 0.29) is 24.0 Å². The molecule has 0 saturated carbocycles. The smallest absolute Gasteiger partial charge is 0.190 e. The third kappa shape index (κ3) is 7.28. The molecule has 1 fully saturated rings. The lowest BCUT2D eigenvalue weighted by Crippen LogP contribution is -2.40. The van der Waals surface area contributed by atoms with Gasteiger partial charge in [-0.05, 0) is 43.2 Å². The highest BCUT2D eigenvalue weighted by molar-refractivity contribution is 14.0. The van der Waals surface area contributed by atoms with Gasteiger partial charge in [0.25, 0.3) is 0 Å². The highest BCUT2D eigenvalue weighted by Gasteiger charge is 2.22. The largest absolute Gasteiger partial charge is 0.371 e. The molecule has 2 N–H and O–H groups in total. The normalized spacial score (nSPS) is 17.8. The summed E-state index contributed by atoms with van der Waals surface area (Å²) in [6, 6.07) is 10.7. The van der Waals surface area contributed by atoms with Crippen LogP contribution in [0.1, 0.15) is 33.1 Å². The van der Waals surface area contributed by atoms with Crippen molar-refractivity contribution in [2.75, 3.05) is 38.1 Å². The third-order valence-electron chi connectivity index (χ3n) is 4.44. The lowest BCUT2D eigenvalue weighted by Gasteiger charge is -2.19. The van der Waals surface area contributed by atoms with E-state index in [1.807, 2.05) is 7.05 Å². The van der Waals surface area contributed by atoms with Gasteiger partial charge in [0.2, 0.25) is 0 Å². The zero-order valence-electron chi connectivity index (χ0n) is 15.3.